The zero-order chi connectivity index (χ0) is 21.8. The quantitative estimate of drug-likeness (QED) is 0.591. The van der Waals surface area contributed by atoms with Gasteiger partial charge in [-0.05, 0) is 61.2 Å². The van der Waals surface area contributed by atoms with E-state index in [1.54, 1.807) is 26.5 Å². The molecular formula is C25H28N2O4. The number of anilines is 1. The van der Waals surface area contributed by atoms with E-state index in [0.29, 0.717) is 36.9 Å². The average molecular weight is 421 g/mol. The molecule has 1 aliphatic heterocycles. The van der Waals surface area contributed by atoms with Gasteiger partial charge in [0.2, 0.25) is 0 Å². The number of hydrogen-bond donors (Lipinski definition) is 1. The number of hydrogen-bond acceptors (Lipinski definition) is 5. The summed E-state index contributed by atoms with van der Waals surface area (Å²) in [6.45, 7) is 3.25. The lowest BCUT2D eigenvalue weighted by Crippen LogP contribution is -2.31. The molecule has 2 heterocycles. The minimum absolute atomic E-state index is 0.134. The highest BCUT2D eigenvalue weighted by Gasteiger charge is 2.27. The van der Waals surface area contributed by atoms with Crippen LogP contribution in [0.5, 0.6) is 11.5 Å². The van der Waals surface area contributed by atoms with Crippen molar-refractivity contribution in [3.8, 4) is 11.5 Å². The number of carbonyl (C=O) groups excluding carboxylic acids is 1. The first-order valence-corrected chi connectivity index (χ1v) is 10.5. The monoisotopic (exact) mass is 420 g/mol. The fraction of sp³-hybridized carbons (Fsp3) is 0.320. The highest BCUT2D eigenvalue weighted by molar-refractivity contribution is 5.95. The molecule has 0 bridgehead atoms. The van der Waals surface area contributed by atoms with Crippen molar-refractivity contribution in [1.29, 1.82) is 0 Å². The molecule has 0 saturated carbocycles. The molecule has 1 unspecified atom stereocenters. The number of amides is 1. The zero-order valence-corrected chi connectivity index (χ0v) is 18.2. The molecule has 0 aliphatic carbocycles. The summed E-state index contributed by atoms with van der Waals surface area (Å²) >= 11 is 0. The Morgan fingerprint density at radius 1 is 1.16 bits per heavy atom. The lowest BCUT2D eigenvalue weighted by Gasteiger charge is -2.24. The summed E-state index contributed by atoms with van der Waals surface area (Å²) in [6.07, 6.45) is 3.22. The van der Waals surface area contributed by atoms with E-state index in [1.165, 1.54) is 11.3 Å². The van der Waals surface area contributed by atoms with Gasteiger partial charge in [-0.3, -0.25) is 4.79 Å². The molecule has 2 aromatic carbocycles. The van der Waals surface area contributed by atoms with E-state index >= 15 is 0 Å². The molecule has 0 fully saturated rings. The Morgan fingerprint density at radius 3 is 2.81 bits per heavy atom. The van der Waals surface area contributed by atoms with Crippen molar-refractivity contribution in [3.05, 3.63) is 77.2 Å². The van der Waals surface area contributed by atoms with Crippen molar-refractivity contribution in [2.24, 2.45) is 0 Å². The van der Waals surface area contributed by atoms with Crippen LogP contribution in [-0.2, 0) is 19.4 Å². The molecule has 4 rings (SSSR count). The van der Waals surface area contributed by atoms with Crippen molar-refractivity contribution in [2.45, 2.75) is 32.4 Å². The molecule has 3 aromatic rings. The Labute approximate surface area is 182 Å². The van der Waals surface area contributed by atoms with E-state index in [9.17, 15) is 4.79 Å². The maximum absolute atomic E-state index is 12.8. The second-order valence-corrected chi connectivity index (χ2v) is 7.75. The molecule has 1 amide bonds. The van der Waals surface area contributed by atoms with Crippen molar-refractivity contribution >= 4 is 11.6 Å². The topological polar surface area (TPSA) is 63.9 Å². The number of furan rings is 1. The van der Waals surface area contributed by atoms with Crippen molar-refractivity contribution in [3.63, 3.8) is 0 Å². The van der Waals surface area contributed by atoms with Gasteiger partial charge in [0.25, 0.3) is 5.91 Å². The Hall–Kier alpha value is -3.41. The van der Waals surface area contributed by atoms with Crippen LogP contribution < -0.4 is 19.7 Å². The number of ether oxygens (including phenoxy) is 2. The van der Waals surface area contributed by atoms with Gasteiger partial charge >= 0.3 is 0 Å². The van der Waals surface area contributed by atoms with Gasteiger partial charge in [0.05, 0.1) is 32.6 Å². The number of nitrogens with zero attached hydrogens (tertiary/aromatic N) is 1. The zero-order valence-electron chi connectivity index (χ0n) is 18.2. The van der Waals surface area contributed by atoms with Crippen LogP contribution in [0.25, 0.3) is 0 Å². The first-order chi connectivity index (χ1) is 15.1. The summed E-state index contributed by atoms with van der Waals surface area (Å²) in [5.74, 6) is 2.09. The van der Waals surface area contributed by atoms with Crippen LogP contribution in [0.2, 0.25) is 0 Å². The van der Waals surface area contributed by atoms with Crippen LogP contribution in [0.1, 0.15) is 34.2 Å². The summed E-state index contributed by atoms with van der Waals surface area (Å²) in [5.41, 5.74) is 4.11. The molecule has 6 nitrogen and oxygen atoms in total. The van der Waals surface area contributed by atoms with E-state index < -0.39 is 0 Å². The number of para-hydroxylation sites is 1. The predicted octanol–water partition coefficient (Wildman–Crippen LogP) is 4.22. The molecule has 1 aromatic heterocycles. The van der Waals surface area contributed by atoms with Gasteiger partial charge in [0, 0.05) is 18.3 Å². The first kappa shape index (κ1) is 20.8. The Bertz CT molecular complexity index is 1060. The number of benzene rings is 2. The van der Waals surface area contributed by atoms with E-state index in [4.69, 9.17) is 13.9 Å². The molecule has 0 radical (unpaired) electrons. The van der Waals surface area contributed by atoms with Crippen LogP contribution in [-0.4, -0.2) is 32.7 Å². The molecule has 1 aliphatic rings. The number of rotatable bonds is 8. The maximum Gasteiger partial charge on any atom is 0.254 e. The lowest BCUT2D eigenvalue weighted by atomic mass is 10.1. The fourth-order valence-electron chi connectivity index (χ4n) is 4.17. The number of fused-ring (bicyclic) bond motifs is 1. The molecule has 0 saturated heterocycles. The molecule has 0 spiro atoms. The van der Waals surface area contributed by atoms with Crippen LogP contribution in [0.3, 0.4) is 0 Å². The van der Waals surface area contributed by atoms with Gasteiger partial charge in [0.15, 0.2) is 0 Å². The standard InChI is InChI=1S/C25H28N2O4/c1-17-14-18-6-4-5-7-22(18)27(17)16-24-21(11-13-31-24)25(28)26-12-10-19-15-20(29-2)8-9-23(19)30-3/h4-9,11,13,15,17H,10,12,14,16H2,1-3H3,(H,26,28). The third kappa shape index (κ3) is 4.38. The predicted molar refractivity (Wildman–Crippen MR) is 120 cm³/mol. The number of nitrogens with one attached hydrogen (secondary N) is 1. The number of methoxy groups -OCH3 is 2. The van der Waals surface area contributed by atoms with E-state index in [2.05, 4.69) is 35.3 Å². The second kappa shape index (κ2) is 9.16. The van der Waals surface area contributed by atoms with Gasteiger partial charge in [-0.2, -0.15) is 0 Å². The first-order valence-electron chi connectivity index (χ1n) is 10.5. The van der Waals surface area contributed by atoms with Gasteiger partial charge in [-0.1, -0.05) is 18.2 Å². The summed E-state index contributed by atoms with van der Waals surface area (Å²) in [7, 11) is 3.27. The Morgan fingerprint density at radius 2 is 2.00 bits per heavy atom. The van der Waals surface area contributed by atoms with Crippen molar-refractivity contribution < 1.29 is 18.7 Å². The van der Waals surface area contributed by atoms with E-state index in [1.807, 2.05) is 24.3 Å². The Kier molecular flexibility index (Phi) is 6.16. The highest BCUT2D eigenvalue weighted by Crippen LogP contribution is 2.33. The van der Waals surface area contributed by atoms with Crippen LogP contribution in [0, 0.1) is 0 Å². The fourth-order valence-corrected chi connectivity index (χ4v) is 4.17. The van der Waals surface area contributed by atoms with Gasteiger partial charge in [-0.25, -0.2) is 0 Å². The summed E-state index contributed by atoms with van der Waals surface area (Å²) < 4.78 is 16.4. The van der Waals surface area contributed by atoms with E-state index in [0.717, 1.165) is 23.5 Å². The molecule has 1 N–H and O–H groups in total. The van der Waals surface area contributed by atoms with E-state index in [-0.39, 0.29) is 5.91 Å². The molecule has 6 heteroatoms. The van der Waals surface area contributed by atoms with Gasteiger partial charge < -0.3 is 24.1 Å². The highest BCUT2D eigenvalue weighted by atomic mass is 16.5. The lowest BCUT2D eigenvalue weighted by molar-refractivity contribution is 0.0952. The molecule has 162 valence electrons. The summed E-state index contributed by atoms with van der Waals surface area (Å²) in [5, 5.41) is 3.00. The molecule has 1 atom stereocenters. The minimum atomic E-state index is -0.134. The molecular weight excluding hydrogens is 392 g/mol. The normalized spacial score (nSPS) is 14.9. The van der Waals surface area contributed by atoms with Crippen molar-refractivity contribution in [1.82, 2.24) is 5.32 Å². The Balaban J connectivity index is 1.41. The van der Waals surface area contributed by atoms with Crippen LogP contribution >= 0.6 is 0 Å². The molecule has 31 heavy (non-hydrogen) atoms. The minimum Gasteiger partial charge on any atom is -0.497 e. The summed E-state index contributed by atoms with van der Waals surface area (Å²) in [4.78, 5) is 15.1. The van der Waals surface area contributed by atoms with Crippen LogP contribution in [0.4, 0.5) is 5.69 Å². The SMILES string of the molecule is COc1ccc(OC)c(CCNC(=O)c2ccoc2CN2c3ccccc3CC2C)c1. The smallest absolute Gasteiger partial charge is 0.254 e. The van der Waals surface area contributed by atoms with Gasteiger partial charge in [-0.15, -0.1) is 0 Å². The second-order valence-electron chi connectivity index (χ2n) is 7.75. The van der Waals surface area contributed by atoms with Crippen molar-refractivity contribution in [2.75, 3.05) is 25.7 Å². The third-order valence-corrected chi connectivity index (χ3v) is 5.82. The van der Waals surface area contributed by atoms with Gasteiger partial charge in [0.1, 0.15) is 17.3 Å². The summed E-state index contributed by atoms with van der Waals surface area (Å²) in [6, 6.07) is 16.2. The third-order valence-electron chi connectivity index (χ3n) is 5.82. The van der Waals surface area contributed by atoms with Crippen LogP contribution in [0.15, 0.2) is 59.2 Å². The average Bonchev–Trinajstić information content (AvgIpc) is 3.38. The maximum atomic E-state index is 12.8. The number of carbonyl (C=O) groups is 1. The largest absolute Gasteiger partial charge is 0.497 e.